The van der Waals surface area contributed by atoms with Gasteiger partial charge in [0.05, 0.1) is 17.6 Å². The Kier molecular flexibility index (Phi) is 7.24. The van der Waals surface area contributed by atoms with Gasteiger partial charge >= 0.3 is 12.1 Å². The van der Waals surface area contributed by atoms with Crippen LogP contribution in [0.4, 0.5) is 13.2 Å². The molecule has 0 radical (unpaired) electrons. The van der Waals surface area contributed by atoms with Crippen molar-refractivity contribution in [2.24, 2.45) is 0 Å². The van der Waals surface area contributed by atoms with Gasteiger partial charge in [-0.3, -0.25) is 9.69 Å². The molecule has 32 heavy (non-hydrogen) atoms. The van der Waals surface area contributed by atoms with Gasteiger partial charge in [-0.25, -0.2) is 4.79 Å². The largest absolute Gasteiger partial charge is 0.490 e. The molecule has 9 nitrogen and oxygen atoms in total. The second kappa shape index (κ2) is 9.74. The Hall–Kier alpha value is -2.86. The van der Waals surface area contributed by atoms with Crippen LogP contribution in [0, 0.1) is 6.92 Å². The van der Waals surface area contributed by atoms with Crippen molar-refractivity contribution in [3.05, 3.63) is 41.7 Å². The molecule has 0 unspecified atom stereocenters. The molecular formula is C20H24F3N3O6. The Morgan fingerprint density at radius 3 is 2.75 bits per heavy atom. The average molecular weight is 459 g/mol. The van der Waals surface area contributed by atoms with E-state index in [1.54, 1.807) is 12.1 Å². The molecule has 2 saturated heterocycles. The zero-order chi connectivity index (χ0) is 23.4. The summed E-state index contributed by atoms with van der Waals surface area (Å²) in [6.45, 7) is 5.15. The number of likely N-dealkylation sites (tertiary alicyclic amines) is 1. The number of nitrogens with zero attached hydrogens (tertiary/aromatic N) is 2. The maximum Gasteiger partial charge on any atom is 0.490 e. The highest BCUT2D eigenvalue weighted by atomic mass is 19.4. The third-order valence-corrected chi connectivity index (χ3v) is 5.27. The summed E-state index contributed by atoms with van der Waals surface area (Å²) in [5.74, 6) is -1.72. The van der Waals surface area contributed by atoms with Crippen molar-refractivity contribution in [2.75, 3.05) is 19.7 Å². The predicted molar refractivity (Wildman–Crippen MR) is 103 cm³/mol. The molecule has 0 aromatic carbocycles. The van der Waals surface area contributed by atoms with Crippen molar-refractivity contribution >= 4 is 11.9 Å². The molecule has 2 aliphatic rings. The number of amides is 1. The SMILES string of the molecule is Cc1cc(CN2CC[C@@]3(C[C@@H](NC(=O)c4ccco4)CCO3)C2)no1.O=C(O)C(F)(F)F. The second-order valence-corrected chi connectivity index (χ2v) is 7.86. The Morgan fingerprint density at radius 1 is 1.41 bits per heavy atom. The van der Waals surface area contributed by atoms with E-state index in [9.17, 15) is 18.0 Å². The first-order valence-corrected chi connectivity index (χ1v) is 9.99. The van der Waals surface area contributed by atoms with Gasteiger partial charge in [0, 0.05) is 38.3 Å². The number of carbonyl (C=O) groups excluding carboxylic acids is 1. The van der Waals surface area contributed by atoms with Gasteiger partial charge in [0.2, 0.25) is 0 Å². The number of furan rings is 1. The molecule has 2 atom stereocenters. The van der Waals surface area contributed by atoms with Gasteiger partial charge in [0.15, 0.2) is 5.76 Å². The van der Waals surface area contributed by atoms with Crippen molar-refractivity contribution in [2.45, 2.75) is 50.6 Å². The van der Waals surface area contributed by atoms with Crippen LogP contribution >= 0.6 is 0 Å². The number of nitrogens with one attached hydrogen (secondary N) is 1. The van der Waals surface area contributed by atoms with Crippen LogP contribution in [-0.2, 0) is 16.1 Å². The summed E-state index contributed by atoms with van der Waals surface area (Å²) in [6, 6.07) is 5.49. The molecule has 2 aliphatic heterocycles. The number of rotatable bonds is 4. The number of hydrogen-bond donors (Lipinski definition) is 2. The summed E-state index contributed by atoms with van der Waals surface area (Å²) in [6.07, 6.45) is -0.942. The molecule has 176 valence electrons. The summed E-state index contributed by atoms with van der Waals surface area (Å²) in [5.41, 5.74) is 0.769. The fourth-order valence-corrected chi connectivity index (χ4v) is 3.88. The lowest BCUT2D eigenvalue weighted by atomic mass is 9.89. The van der Waals surface area contributed by atoms with Crippen LogP contribution in [0.3, 0.4) is 0 Å². The third kappa shape index (κ3) is 6.33. The molecule has 4 heterocycles. The van der Waals surface area contributed by atoms with Gasteiger partial charge in [-0.2, -0.15) is 13.2 Å². The number of aliphatic carboxylic acids is 1. The topological polar surface area (TPSA) is 118 Å². The molecule has 1 amide bonds. The van der Waals surface area contributed by atoms with Gasteiger partial charge in [0.25, 0.3) is 5.91 Å². The molecule has 0 saturated carbocycles. The lowest BCUT2D eigenvalue weighted by molar-refractivity contribution is -0.192. The molecule has 4 rings (SSSR count). The van der Waals surface area contributed by atoms with Gasteiger partial charge in [-0.05, 0) is 38.3 Å². The fraction of sp³-hybridized carbons (Fsp3) is 0.550. The quantitative estimate of drug-likeness (QED) is 0.717. The number of aromatic nitrogens is 1. The fourth-order valence-electron chi connectivity index (χ4n) is 3.88. The maximum absolute atomic E-state index is 12.2. The maximum atomic E-state index is 12.2. The van der Waals surface area contributed by atoms with E-state index in [0.29, 0.717) is 12.4 Å². The Labute approximate surface area is 181 Å². The predicted octanol–water partition coefficient (Wildman–Crippen LogP) is 2.76. The lowest BCUT2D eigenvalue weighted by Gasteiger charge is -2.38. The first-order chi connectivity index (χ1) is 15.1. The van der Waals surface area contributed by atoms with E-state index in [2.05, 4.69) is 15.4 Å². The molecule has 0 bridgehead atoms. The van der Waals surface area contributed by atoms with Crippen LogP contribution in [0.25, 0.3) is 0 Å². The zero-order valence-corrected chi connectivity index (χ0v) is 17.4. The lowest BCUT2D eigenvalue weighted by Crippen LogP contribution is -2.49. The van der Waals surface area contributed by atoms with E-state index in [-0.39, 0.29) is 17.6 Å². The number of aryl methyl sites for hydroxylation is 1. The second-order valence-electron chi connectivity index (χ2n) is 7.86. The standard InChI is InChI=1S/C18H23N3O4.C2HF3O2/c1-13-9-15(20-25-13)11-21-6-5-18(12-21)10-14(4-8-24-18)19-17(22)16-3-2-7-23-16;3-2(4,5)1(6)7/h2-3,7,9,14H,4-6,8,10-12H2,1H3,(H,19,22);(H,6,7)/t14-,18+;/m0./s1. The number of carboxylic acid groups (broad SMARTS) is 1. The number of alkyl halides is 3. The van der Waals surface area contributed by atoms with Crippen molar-refractivity contribution in [3.63, 3.8) is 0 Å². The smallest absolute Gasteiger partial charge is 0.475 e. The van der Waals surface area contributed by atoms with Crippen LogP contribution in [0.1, 0.15) is 41.3 Å². The highest BCUT2D eigenvalue weighted by molar-refractivity contribution is 5.91. The minimum atomic E-state index is -5.08. The Bertz CT molecular complexity index is 914. The van der Waals surface area contributed by atoms with Crippen LogP contribution < -0.4 is 5.32 Å². The van der Waals surface area contributed by atoms with Crippen molar-refractivity contribution in [1.82, 2.24) is 15.4 Å². The number of ether oxygens (including phenoxy) is 1. The van der Waals surface area contributed by atoms with Crippen LogP contribution in [0.15, 0.2) is 33.4 Å². The highest BCUT2D eigenvalue weighted by Crippen LogP contribution is 2.35. The van der Waals surface area contributed by atoms with E-state index in [4.69, 9.17) is 23.6 Å². The number of carbonyl (C=O) groups is 2. The highest BCUT2D eigenvalue weighted by Gasteiger charge is 2.43. The van der Waals surface area contributed by atoms with Gasteiger partial charge < -0.3 is 24.1 Å². The molecule has 2 fully saturated rings. The minimum absolute atomic E-state index is 0.112. The zero-order valence-electron chi connectivity index (χ0n) is 17.4. The van der Waals surface area contributed by atoms with Crippen LogP contribution in [-0.4, -0.2) is 64.6 Å². The van der Waals surface area contributed by atoms with E-state index < -0.39 is 12.1 Å². The normalized spacial score (nSPS) is 23.6. The van der Waals surface area contributed by atoms with Crippen molar-refractivity contribution in [1.29, 1.82) is 0 Å². The molecule has 1 spiro atoms. The van der Waals surface area contributed by atoms with Gasteiger partial charge in [0.1, 0.15) is 5.76 Å². The van der Waals surface area contributed by atoms with Gasteiger partial charge in [-0.1, -0.05) is 5.16 Å². The first-order valence-electron chi connectivity index (χ1n) is 9.99. The summed E-state index contributed by atoms with van der Waals surface area (Å²) in [7, 11) is 0. The number of hydrogen-bond acceptors (Lipinski definition) is 7. The Balaban J connectivity index is 0.000000360. The van der Waals surface area contributed by atoms with E-state index in [0.717, 1.165) is 50.4 Å². The molecule has 2 N–H and O–H groups in total. The third-order valence-electron chi connectivity index (χ3n) is 5.27. The van der Waals surface area contributed by atoms with Gasteiger partial charge in [-0.15, -0.1) is 0 Å². The first kappa shape index (κ1) is 23.8. The van der Waals surface area contributed by atoms with E-state index in [1.807, 2.05) is 13.0 Å². The number of halogens is 3. The van der Waals surface area contributed by atoms with Crippen LogP contribution in [0.2, 0.25) is 0 Å². The monoisotopic (exact) mass is 459 g/mol. The summed E-state index contributed by atoms with van der Waals surface area (Å²) >= 11 is 0. The minimum Gasteiger partial charge on any atom is -0.475 e. The average Bonchev–Trinajstić information content (AvgIpc) is 3.45. The van der Waals surface area contributed by atoms with Crippen molar-refractivity contribution < 1.29 is 41.5 Å². The molecule has 0 aliphatic carbocycles. The number of carboxylic acids is 1. The molecule has 2 aromatic rings. The molecular weight excluding hydrogens is 435 g/mol. The molecule has 12 heteroatoms. The molecule has 2 aromatic heterocycles. The van der Waals surface area contributed by atoms with E-state index in [1.165, 1.54) is 6.26 Å². The summed E-state index contributed by atoms with van der Waals surface area (Å²) in [5, 5.41) is 14.3. The van der Waals surface area contributed by atoms with Crippen molar-refractivity contribution in [3.8, 4) is 0 Å². The Morgan fingerprint density at radius 2 is 2.16 bits per heavy atom. The summed E-state index contributed by atoms with van der Waals surface area (Å²) in [4.78, 5) is 23.4. The van der Waals surface area contributed by atoms with E-state index >= 15 is 0 Å². The van der Waals surface area contributed by atoms with Crippen LogP contribution in [0.5, 0.6) is 0 Å². The summed E-state index contributed by atoms with van der Waals surface area (Å²) < 4.78 is 48.2.